The van der Waals surface area contributed by atoms with Crippen molar-refractivity contribution in [3.05, 3.63) is 70.8 Å². The molecule has 0 bridgehead atoms. The number of benzene rings is 2. The second kappa shape index (κ2) is 7.13. The molecule has 23 heavy (non-hydrogen) atoms. The Labute approximate surface area is 132 Å². The first-order valence-corrected chi connectivity index (χ1v) is 7.16. The van der Waals surface area contributed by atoms with E-state index in [1.807, 2.05) is 6.92 Å². The van der Waals surface area contributed by atoms with E-state index in [9.17, 15) is 18.4 Å². The highest BCUT2D eigenvalue weighted by Gasteiger charge is 2.31. The molecule has 0 saturated heterocycles. The van der Waals surface area contributed by atoms with E-state index >= 15 is 0 Å². The minimum Gasteiger partial charge on any atom is -0.465 e. The van der Waals surface area contributed by atoms with E-state index in [-0.39, 0.29) is 12.2 Å². The molecule has 0 saturated carbocycles. The summed E-state index contributed by atoms with van der Waals surface area (Å²) in [6.45, 7) is 3.56. The van der Waals surface area contributed by atoms with E-state index in [1.165, 1.54) is 6.07 Å². The van der Waals surface area contributed by atoms with Gasteiger partial charge in [0.15, 0.2) is 17.4 Å². The van der Waals surface area contributed by atoms with Gasteiger partial charge < -0.3 is 4.74 Å². The van der Waals surface area contributed by atoms with Crippen molar-refractivity contribution in [3.63, 3.8) is 0 Å². The number of hydrogen-bond acceptors (Lipinski definition) is 3. The molecular formula is C18H16F2O3. The Morgan fingerprint density at radius 3 is 2.26 bits per heavy atom. The van der Waals surface area contributed by atoms with Crippen molar-refractivity contribution in [2.75, 3.05) is 6.61 Å². The molecule has 1 atom stereocenters. The predicted molar refractivity (Wildman–Crippen MR) is 81.2 cm³/mol. The maximum Gasteiger partial charge on any atom is 0.321 e. The van der Waals surface area contributed by atoms with Crippen LogP contribution < -0.4 is 0 Å². The topological polar surface area (TPSA) is 43.4 Å². The Kier molecular flexibility index (Phi) is 5.21. The number of aryl methyl sites for hydroxylation is 1. The van der Waals surface area contributed by atoms with Gasteiger partial charge in [0.25, 0.3) is 0 Å². The number of carbonyl (C=O) groups excluding carboxylic acids is 2. The lowest BCUT2D eigenvalue weighted by molar-refractivity contribution is -0.143. The van der Waals surface area contributed by atoms with Crippen LogP contribution in [-0.4, -0.2) is 18.4 Å². The largest absolute Gasteiger partial charge is 0.465 e. The number of carbonyl (C=O) groups is 2. The summed E-state index contributed by atoms with van der Waals surface area (Å²) in [5, 5.41) is 0. The van der Waals surface area contributed by atoms with Crippen LogP contribution in [0.15, 0.2) is 42.5 Å². The summed E-state index contributed by atoms with van der Waals surface area (Å²) in [6, 6.07) is 9.60. The number of esters is 1. The molecule has 0 fully saturated rings. The summed E-state index contributed by atoms with van der Waals surface area (Å²) >= 11 is 0. The Morgan fingerprint density at radius 1 is 1.04 bits per heavy atom. The van der Waals surface area contributed by atoms with Gasteiger partial charge in [-0.1, -0.05) is 35.9 Å². The Hall–Kier alpha value is -2.56. The maximum absolute atomic E-state index is 13.5. The van der Waals surface area contributed by atoms with Crippen molar-refractivity contribution in [3.8, 4) is 0 Å². The number of rotatable bonds is 5. The molecule has 0 aliphatic rings. The quantitative estimate of drug-likeness (QED) is 0.478. The number of ketones is 1. The van der Waals surface area contributed by atoms with Crippen molar-refractivity contribution in [2.24, 2.45) is 0 Å². The first kappa shape index (κ1) is 16.8. The molecule has 0 heterocycles. The Bertz CT molecular complexity index is 724. The molecule has 0 amide bonds. The van der Waals surface area contributed by atoms with Gasteiger partial charge in [0, 0.05) is 5.56 Å². The predicted octanol–water partition coefficient (Wildman–Crippen LogP) is 3.80. The van der Waals surface area contributed by atoms with Crippen molar-refractivity contribution in [2.45, 2.75) is 19.8 Å². The molecule has 0 aliphatic heterocycles. The van der Waals surface area contributed by atoms with Crippen LogP contribution in [0.4, 0.5) is 8.78 Å². The van der Waals surface area contributed by atoms with Crippen LogP contribution in [0.2, 0.25) is 0 Å². The van der Waals surface area contributed by atoms with E-state index < -0.39 is 29.3 Å². The lowest BCUT2D eigenvalue weighted by Crippen LogP contribution is -2.24. The molecule has 0 spiro atoms. The second-order valence-electron chi connectivity index (χ2n) is 5.09. The van der Waals surface area contributed by atoms with Crippen LogP contribution in [0.5, 0.6) is 0 Å². The fraction of sp³-hybridized carbons (Fsp3) is 0.222. The van der Waals surface area contributed by atoms with E-state index in [4.69, 9.17) is 4.74 Å². The highest BCUT2D eigenvalue weighted by Crippen LogP contribution is 2.24. The van der Waals surface area contributed by atoms with Gasteiger partial charge in [0.2, 0.25) is 0 Å². The van der Waals surface area contributed by atoms with Crippen LogP contribution in [0.1, 0.15) is 34.3 Å². The molecule has 120 valence electrons. The molecule has 5 heteroatoms. The van der Waals surface area contributed by atoms with E-state index in [2.05, 4.69) is 0 Å². The monoisotopic (exact) mass is 318 g/mol. The zero-order chi connectivity index (χ0) is 17.0. The average Bonchev–Trinajstić information content (AvgIpc) is 2.52. The molecule has 0 aromatic heterocycles. The summed E-state index contributed by atoms with van der Waals surface area (Å²) < 4.78 is 31.5. The van der Waals surface area contributed by atoms with Crippen LogP contribution in [0, 0.1) is 18.6 Å². The minimum absolute atomic E-state index is 0.0629. The van der Waals surface area contributed by atoms with Crippen molar-refractivity contribution < 1.29 is 23.1 Å². The lowest BCUT2D eigenvalue weighted by atomic mass is 9.90. The number of ether oxygens (including phenoxy) is 1. The SMILES string of the molecule is CCOC(=O)C(C(=O)c1ccc(C)cc1)c1ccc(F)c(F)c1. The lowest BCUT2D eigenvalue weighted by Gasteiger charge is -2.15. The van der Waals surface area contributed by atoms with E-state index in [0.29, 0.717) is 5.56 Å². The van der Waals surface area contributed by atoms with Gasteiger partial charge in [-0.3, -0.25) is 9.59 Å². The highest BCUT2D eigenvalue weighted by atomic mass is 19.2. The third-order valence-electron chi connectivity index (χ3n) is 3.40. The van der Waals surface area contributed by atoms with Crippen LogP contribution in [-0.2, 0) is 9.53 Å². The summed E-state index contributed by atoms with van der Waals surface area (Å²) in [6.07, 6.45) is 0. The summed E-state index contributed by atoms with van der Waals surface area (Å²) in [4.78, 5) is 24.8. The van der Waals surface area contributed by atoms with Crippen molar-refractivity contribution >= 4 is 11.8 Å². The summed E-state index contributed by atoms with van der Waals surface area (Å²) in [5.74, 6) is -4.79. The minimum atomic E-state index is -1.33. The van der Waals surface area contributed by atoms with Crippen molar-refractivity contribution in [1.29, 1.82) is 0 Å². The zero-order valence-electron chi connectivity index (χ0n) is 12.8. The zero-order valence-corrected chi connectivity index (χ0v) is 12.8. The number of halogens is 2. The normalized spacial score (nSPS) is 11.8. The van der Waals surface area contributed by atoms with Crippen molar-refractivity contribution in [1.82, 2.24) is 0 Å². The van der Waals surface area contributed by atoms with Gasteiger partial charge in [0.05, 0.1) is 6.61 Å². The third kappa shape index (κ3) is 3.80. The number of hydrogen-bond donors (Lipinski definition) is 0. The van der Waals surface area contributed by atoms with E-state index in [0.717, 1.165) is 17.7 Å². The second-order valence-corrected chi connectivity index (χ2v) is 5.09. The Balaban J connectivity index is 2.44. The van der Waals surface area contributed by atoms with Gasteiger partial charge in [0.1, 0.15) is 5.92 Å². The van der Waals surface area contributed by atoms with E-state index in [1.54, 1.807) is 31.2 Å². The standard InChI is InChI=1S/C18H16F2O3/c1-3-23-18(22)16(13-8-9-14(19)15(20)10-13)17(21)12-6-4-11(2)5-7-12/h4-10,16H,3H2,1-2H3. The summed E-state index contributed by atoms with van der Waals surface area (Å²) in [7, 11) is 0. The first-order valence-electron chi connectivity index (χ1n) is 7.16. The average molecular weight is 318 g/mol. The smallest absolute Gasteiger partial charge is 0.321 e. The maximum atomic E-state index is 13.5. The molecule has 2 rings (SSSR count). The van der Waals surface area contributed by atoms with Gasteiger partial charge in [-0.25, -0.2) is 8.78 Å². The van der Waals surface area contributed by atoms with Gasteiger partial charge in [-0.15, -0.1) is 0 Å². The molecular weight excluding hydrogens is 302 g/mol. The summed E-state index contributed by atoms with van der Waals surface area (Å²) in [5.41, 5.74) is 1.33. The molecule has 2 aromatic carbocycles. The highest BCUT2D eigenvalue weighted by molar-refractivity contribution is 6.12. The molecule has 1 unspecified atom stereocenters. The van der Waals surface area contributed by atoms with Gasteiger partial charge in [-0.2, -0.15) is 0 Å². The van der Waals surface area contributed by atoms with Crippen LogP contribution >= 0.6 is 0 Å². The van der Waals surface area contributed by atoms with Crippen LogP contribution in [0.25, 0.3) is 0 Å². The number of Topliss-reactive ketones (excluding diaryl/α,β-unsaturated/α-hetero) is 1. The fourth-order valence-corrected chi connectivity index (χ4v) is 2.20. The molecule has 0 radical (unpaired) electrons. The van der Waals surface area contributed by atoms with Gasteiger partial charge >= 0.3 is 5.97 Å². The third-order valence-corrected chi connectivity index (χ3v) is 3.40. The molecule has 0 N–H and O–H groups in total. The molecule has 3 nitrogen and oxygen atoms in total. The van der Waals surface area contributed by atoms with Gasteiger partial charge in [-0.05, 0) is 31.5 Å². The molecule has 2 aromatic rings. The van der Waals surface area contributed by atoms with Crippen LogP contribution in [0.3, 0.4) is 0 Å². The molecule has 0 aliphatic carbocycles. The first-order chi connectivity index (χ1) is 10.9. The Morgan fingerprint density at radius 2 is 1.70 bits per heavy atom. The fourth-order valence-electron chi connectivity index (χ4n) is 2.20.